The molecule has 1 unspecified atom stereocenters. The Morgan fingerprint density at radius 1 is 1.27 bits per heavy atom. The minimum absolute atomic E-state index is 0.530. The topological polar surface area (TPSA) is 38.7 Å². The summed E-state index contributed by atoms with van der Waals surface area (Å²) in [6, 6.07) is 0. The van der Waals surface area contributed by atoms with E-state index in [0.29, 0.717) is 5.92 Å². The minimum Gasteiger partial charge on any atom is -0.241 e. The van der Waals surface area contributed by atoms with Crippen molar-refractivity contribution in [1.82, 2.24) is 15.0 Å². The smallest absolute Gasteiger partial charge is 0.146 e. The van der Waals surface area contributed by atoms with Crippen molar-refractivity contribution in [2.24, 2.45) is 0 Å². The van der Waals surface area contributed by atoms with Gasteiger partial charge < -0.3 is 0 Å². The van der Waals surface area contributed by atoms with Crippen LogP contribution in [0.4, 0.5) is 0 Å². The molecule has 1 atom stereocenters. The highest BCUT2D eigenvalue weighted by Gasteiger charge is 2.15. The Kier molecular flexibility index (Phi) is 3.26. The number of thiazole rings is 1. The van der Waals surface area contributed by atoms with Crippen molar-refractivity contribution in [3.63, 3.8) is 0 Å². The molecule has 80 valence electrons. The lowest BCUT2D eigenvalue weighted by atomic mass is 9.96. The summed E-state index contributed by atoms with van der Waals surface area (Å²) in [5, 5.41) is 0. The van der Waals surface area contributed by atoms with Gasteiger partial charge in [-0.1, -0.05) is 20.3 Å². The quantitative estimate of drug-likeness (QED) is 0.794. The standard InChI is InChI=1S/C11H15N3S/c1-3-5-8(4-2)9-10-11(13-6-12-9)15-7-14-10/h6-8H,3-5H2,1-2H3. The lowest BCUT2D eigenvalue weighted by molar-refractivity contribution is 0.584. The molecular formula is C11H15N3S. The van der Waals surface area contributed by atoms with E-state index in [1.807, 2.05) is 5.51 Å². The first kappa shape index (κ1) is 10.5. The van der Waals surface area contributed by atoms with E-state index < -0.39 is 0 Å². The van der Waals surface area contributed by atoms with Gasteiger partial charge in [-0.2, -0.15) is 0 Å². The van der Waals surface area contributed by atoms with Gasteiger partial charge in [0.25, 0.3) is 0 Å². The van der Waals surface area contributed by atoms with E-state index in [1.54, 1.807) is 17.7 Å². The molecule has 2 aromatic rings. The third-order valence-electron chi connectivity index (χ3n) is 2.68. The second-order valence-corrected chi connectivity index (χ2v) is 4.49. The molecule has 0 fully saturated rings. The van der Waals surface area contributed by atoms with Crippen molar-refractivity contribution in [2.45, 2.75) is 39.0 Å². The lowest BCUT2D eigenvalue weighted by Gasteiger charge is -2.12. The van der Waals surface area contributed by atoms with Crippen molar-refractivity contribution in [2.75, 3.05) is 0 Å². The summed E-state index contributed by atoms with van der Waals surface area (Å²) in [4.78, 5) is 14.0. The molecule has 0 spiro atoms. The van der Waals surface area contributed by atoms with Crippen molar-refractivity contribution in [3.05, 3.63) is 17.5 Å². The van der Waals surface area contributed by atoms with Gasteiger partial charge in [-0.15, -0.1) is 11.3 Å². The summed E-state index contributed by atoms with van der Waals surface area (Å²) in [5.41, 5.74) is 3.98. The van der Waals surface area contributed by atoms with Gasteiger partial charge in [0, 0.05) is 5.92 Å². The van der Waals surface area contributed by atoms with Crippen LogP contribution in [0.25, 0.3) is 10.3 Å². The van der Waals surface area contributed by atoms with Gasteiger partial charge in [0.1, 0.15) is 16.7 Å². The van der Waals surface area contributed by atoms with Crippen molar-refractivity contribution < 1.29 is 0 Å². The molecule has 0 aromatic carbocycles. The summed E-state index contributed by atoms with van der Waals surface area (Å²) >= 11 is 1.59. The predicted molar refractivity (Wildman–Crippen MR) is 63.2 cm³/mol. The van der Waals surface area contributed by atoms with Crippen LogP contribution < -0.4 is 0 Å². The molecule has 0 radical (unpaired) electrons. The fourth-order valence-corrected chi connectivity index (χ4v) is 2.53. The average molecular weight is 221 g/mol. The highest BCUT2D eigenvalue weighted by atomic mass is 32.1. The average Bonchev–Trinajstić information content (AvgIpc) is 2.73. The summed E-state index contributed by atoms with van der Waals surface area (Å²) in [5.74, 6) is 0.530. The fraction of sp³-hybridized carbons (Fsp3) is 0.545. The Morgan fingerprint density at radius 2 is 2.13 bits per heavy atom. The van der Waals surface area contributed by atoms with Gasteiger partial charge >= 0.3 is 0 Å². The summed E-state index contributed by atoms with van der Waals surface area (Å²) in [6.07, 6.45) is 5.15. The highest BCUT2D eigenvalue weighted by molar-refractivity contribution is 7.16. The molecule has 3 nitrogen and oxygen atoms in total. The zero-order chi connectivity index (χ0) is 10.7. The number of aromatic nitrogens is 3. The Morgan fingerprint density at radius 3 is 2.87 bits per heavy atom. The van der Waals surface area contributed by atoms with Gasteiger partial charge in [-0.05, 0) is 12.8 Å². The zero-order valence-corrected chi connectivity index (χ0v) is 9.92. The molecule has 0 saturated heterocycles. The minimum atomic E-state index is 0.530. The first-order valence-corrected chi connectivity index (χ1v) is 6.28. The van der Waals surface area contributed by atoms with Gasteiger partial charge in [0.2, 0.25) is 0 Å². The Hall–Kier alpha value is -1.03. The van der Waals surface area contributed by atoms with Crippen LogP contribution in [0.3, 0.4) is 0 Å². The zero-order valence-electron chi connectivity index (χ0n) is 9.10. The lowest BCUT2D eigenvalue weighted by Crippen LogP contribution is -2.01. The Labute approximate surface area is 93.6 Å². The van der Waals surface area contributed by atoms with Crippen LogP contribution in [0.5, 0.6) is 0 Å². The first-order valence-electron chi connectivity index (χ1n) is 5.40. The van der Waals surface area contributed by atoms with Crippen LogP contribution in [0.2, 0.25) is 0 Å². The maximum atomic E-state index is 4.40. The van der Waals surface area contributed by atoms with Crippen molar-refractivity contribution in [1.29, 1.82) is 0 Å². The molecular weight excluding hydrogens is 206 g/mol. The van der Waals surface area contributed by atoms with Crippen molar-refractivity contribution >= 4 is 21.7 Å². The number of rotatable bonds is 4. The SMILES string of the molecule is CCCC(CC)c1ncnc2scnc12. The molecule has 0 aliphatic carbocycles. The van der Waals surface area contributed by atoms with Crippen LogP contribution in [-0.4, -0.2) is 15.0 Å². The molecule has 0 bridgehead atoms. The third kappa shape index (κ3) is 2.00. The number of fused-ring (bicyclic) bond motifs is 1. The maximum Gasteiger partial charge on any atom is 0.146 e. The first-order chi connectivity index (χ1) is 7.36. The third-order valence-corrected chi connectivity index (χ3v) is 3.41. The van der Waals surface area contributed by atoms with Crippen LogP contribution in [0, 0.1) is 0 Å². The summed E-state index contributed by atoms with van der Waals surface area (Å²) < 4.78 is 0. The largest absolute Gasteiger partial charge is 0.241 e. The van der Waals surface area contributed by atoms with Crippen LogP contribution in [-0.2, 0) is 0 Å². The molecule has 4 heteroatoms. The fourth-order valence-electron chi connectivity index (χ4n) is 1.89. The van der Waals surface area contributed by atoms with E-state index in [1.165, 1.54) is 12.8 Å². The predicted octanol–water partition coefficient (Wildman–Crippen LogP) is 3.38. The van der Waals surface area contributed by atoms with Gasteiger partial charge in [-0.25, -0.2) is 15.0 Å². The van der Waals surface area contributed by atoms with E-state index in [9.17, 15) is 0 Å². The van der Waals surface area contributed by atoms with E-state index in [4.69, 9.17) is 0 Å². The normalized spacial score (nSPS) is 13.2. The molecule has 2 aromatic heterocycles. The van der Waals surface area contributed by atoms with Gasteiger partial charge in [0.15, 0.2) is 0 Å². The van der Waals surface area contributed by atoms with Gasteiger partial charge in [-0.3, -0.25) is 0 Å². The van der Waals surface area contributed by atoms with Crippen LogP contribution in [0.1, 0.15) is 44.7 Å². The molecule has 0 aliphatic heterocycles. The molecule has 0 saturated carbocycles. The molecule has 0 N–H and O–H groups in total. The van der Waals surface area contributed by atoms with E-state index in [0.717, 1.165) is 22.5 Å². The second kappa shape index (κ2) is 4.66. The highest BCUT2D eigenvalue weighted by Crippen LogP contribution is 2.28. The summed E-state index contributed by atoms with van der Waals surface area (Å²) in [6.45, 7) is 4.42. The number of hydrogen-bond donors (Lipinski definition) is 0. The van der Waals surface area contributed by atoms with Gasteiger partial charge in [0.05, 0.1) is 11.2 Å². The van der Waals surface area contributed by atoms with Crippen molar-refractivity contribution in [3.8, 4) is 0 Å². The monoisotopic (exact) mass is 221 g/mol. The number of nitrogens with zero attached hydrogens (tertiary/aromatic N) is 3. The Bertz CT molecular complexity index is 438. The summed E-state index contributed by atoms with van der Waals surface area (Å²) in [7, 11) is 0. The molecule has 15 heavy (non-hydrogen) atoms. The van der Waals surface area contributed by atoms with E-state index in [-0.39, 0.29) is 0 Å². The second-order valence-electron chi connectivity index (χ2n) is 3.66. The molecule has 2 heterocycles. The Balaban J connectivity index is 2.44. The van der Waals surface area contributed by atoms with Crippen LogP contribution in [0.15, 0.2) is 11.8 Å². The molecule has 0 aliphatic rings. The molecule has 2 rings (SSSR count). The van der Waals surface area contributed by atoms with E-state index in [2.05, 4.69) is 28.8 Å². The molecule has 0 amide bonds. The van der Waals surface area contributed by atoms with Crippen LogP contribution >= 0.6 is 11.3 Å². The number of hydrogen-bond acceptors (Lipinski definition) is 4. The maximum absolute atomic E-state index is 4.40. The van der Waals surface area contributed by atoms with E-state index >= 15 is 0 Å².